The highest BCUT2D eigenvalue weighted by Crippen LogP contribution is 2.56. The van der Waals surface area contributed by atoms with Crippen LogP contribution in [-0.4, -0.2) is 6.04 Å². The Labute approximate surface area is 106 Å². The second-order valence-electron chi connectivity index (χ2n) is 6.87. The van der Waals surface area contributed by atoms with E-state index >= 15 is 0 Å². The monoisotopic (exact) mass is 236 g/mol. The van der Waals surface area contributed by atoms with Crippen molar-refractivity contribution in [1.29, 1.82) is 0 Å². The van der Waals surface area contributed by atoms with Gasteiger partial charge in [-0.1, -0.05) is 26.2 Å². The molecule has 3 unspecified atom stereocenters. The molecule has 17 heavy (non-hydrogen) atoms. The zero-order valence-electron chi connectivity index (χ0n) is 11.2. The quantitative estimate of drug-likeness (QED) is 0.581. The van der Waals surface area contributed by atoms with Gasteiger partial charge in [0.15, 0.2) is 0 Å². The lowest BCUT2D eigenvalue weighted by Crippen LogP contribution is -2.46. The molecule has 3 rings (SSSR count). The van der Waals surface area contributed by atoms with Gasteiger partial charge in [-0.2, -0.15) is 0 Å². The summed E-state index contributed by atoms with van der Waals surface area (Å²) in [6, 6.07) is 0.626. The number of hydrogen-bond donors (Lipinski definition) is 2. The highest BCUT2D eigenvalue weighted by molar-refractivity contribution is 5.00. The van der Waals surface area contributed by atoms with E-state index in [2.05, 4.69) is 12.3 Å². The van der Waals surface area contributed by atoms with E-state index in [4.69, 9.17) is 5.84 Å². The van der Waals surface area contributed by atoms with E-state index in [1.54, 1.807) is 0 Å². The van der Waals surface area contributed by atoms with Crippen LogP contribution in [0.5, 0.6) is 0 Å². The van der Waals surface area contributed by atoms with Crippen LogP contribution in [0.1, 0.15) is 58.3 Å². The van der Waals surface area contributed by atoms with Gasteiger partial charge >= 0.3 is 0 Å². The van der Waals surface area contributed by atoms with Gasteiger partial charge in [-0.3, -0.25) is 11.3 Å². The van der Waals surface area contributed by atoms with Crippen LogP contribution in [0.3, 0.4) is 0 Å². The SMILES string of the molecule is CCC1CCC(C(NN)C2CC3CC3C2)CC1. The Balaban J connectivity index is 1.54. The fraction of sp³-hybridized carbons (Fsp3) is 1.00. The van der Waals surface area contributed by atoms with Crippen molar-refractivity contribution < 1.29 is 0 Å². The lowest BCUT2D eigenvalue weighted by Gasteiger charge is -2.36. The molecule has 0 spiro atoms. The predicted molar refractivity (Wildman–Crippen MR) is 71.2 cm³/mol. The standard InChI is InChI=1S/C15H28N2/c1-2-10-3-5-11(6-4-10)15(17-16)14-8-12-7-13(12)9-14/h10-15,17H,2-9,16H2,1H3. The molecule has 0 aromatic carbocycles. The maximum Gasteiger partial charge on any atom is 0.0267 e. The lowest BCUT2D eigenvalue weighted by atomic mass is 9.74. The van der Waals surface area contributed by atoms with Crippen LogP contribution < -0.4 is 11.3 Å². The molecule has 3 atom stereocenters. The third kappa shape index (κ3) is 2.39. The van der Waals surface area contributed by atoms with Gasteiger partial charge in [-0.25, -0.2) is 0 Å². The van der Waals surface area contributed by atoms with Gasteiger partial charge in [0.25, 0.3) is 0 Å². The fourth-order valence-electron chi connectivity index (χ4n) is 4.67. The molecule has 3 N–H and O–H groups in total. The maximum absolute atomic E-state index is 5.86. The molecule has 0 heterocycles. The average Bonchev–Trinajstić information content (AvgIpc) is 2.98. The summed E-state index contributed by atoms with van der Waals surface area (Å²) < 4.78 is 0. The van der Waals surface area contributed by atoms with Gasteiger partial charge in [-0.15, -0.1) is 0 Å². The molecule has 0 amide bonds. The molecule has 3 aliphatic carbocycles. The van der Waals surface area contributed by atoms with E-state index in [0.29, 0.717) is 6.04 Å². The van der Waals surface area contributed by atoms with E-state index < -0.39 is 0 Å². The minimum absolute atomic E-state index is 0.626. The highest BCUT2D eigenvalue weighted by atomic mass is 15.2. The minimum atomic E-state index is 0.626. The van der Waals surface area contributed by atoms with Crippen molar-refractivity contribution in [3.8, 4) is 0 Å². The second kappa shape index (κ2) is 4.89. The molecule has 0 bridgehead atoms. The Morgan fingerprint density at radius 2 is 1.65 bits per heavy atom. The van der Waals surface area contributed by atoms with Crippen LogP contribution >= 0.6 is 0 Å². The van der Waals surface area contributed by atoms with Crippen molar-refractivity contribution in [2.24, 2.45) is 35.4 Å². The van der Waals surface area contributed by atoms with Crippen LogP contribution in [0.2, 0.25) is 0 Å². The first-order valence-electron chi connectivity index (χ1n) is 7.78. The normalized spacial score (nSPS) is 46.6. The molecule has 0 radical (unpaired) electrons. The molecule has 0 saturated heterocycles. The Morgan fingerprint density at radius 3 is 2.18 bits per heavy atom. The number of nitrogens with two attached hydrogens (primary N) is 1. The van der Waals surface area contributed by atoms with Crippen molar-refractivity contribution >= 4 is 0 Å². The van der Waals surface area contributed by atoms with Gasteiger partial charge < -0.3 is 0 Å². The van der Waals surface area contributed by atoms with E-state index in [-0.39, 0.29) is 0 Å². The van der Waals surface area contributed by atoms with Crippen molar-refractivity contribution in [1.82, 2.24) is 5.43 Å². The zero-order valence-corrected chi connectivity index (χ0v) is 11.2. The summed E-state index contributed by atoms with van der Waals surface area (Å²) in [6.07, 6.45) is 11.5. The highest BCUT2D eigenvalue weighted by Gasteiger charge is 2.49. The first-order chi connectivity index (χ1) is 8.31. The summed E-state index contributed by atoms with van der Waals surface area (Å²) in [5, 5.41) is 0. The fourth-order valence-corrected chi connectivity index (χ4v) is 4.67. The molecule has 0 aromatic heterocycles. The van der Waals surface area contributed by atoms with Crippen LogP contribution in [0, 0.1) is 29.6 Å². The summed E-state index contributed by atoms with van der Waals surface area (Å²) in [5.41, 5.74) is 3.19. The zero-order chi connectivity index (χ0) is 11.8. The summed E-state index contributed by atoms with van der Waals surface area (Å²) in [6.45, 7) is 2.34. The number of fused-ring (bicyclic) bond motifs is 1. The second-order valence-corrected chi connectivity index (χ2v) is 6.87. The number of hydrogen-bond acceptors (Lipinski definition) is 2. The summed E-state index contributed by atoms with van der Waals surface area (Å²) in [5.74, 6) is 10.8. The van der Waals surface area contributed by atoms with Crippen molar-refractivity contribution in [2.45, 2.75) is 64.3 Å². The first-order valence-corrected chi connectivity index (χ1v) is 7.78. The van der Waals surface area contributed by atoms with E-state index in [1.807, 2.05) is 0 Å². The molecule has 3 aliphatic rings. The van der Waals surface area contributed by atoms with Crippen molar-refractivity contribution in [3.05, 3.63) is 0 Å². The summed E-state index contributed by atoms with van der Waals surface area (Å²) >= 11 is 0. The van der Waals surface area contributed by atoms with Crippen LogP contribution in [0.4, 0.5) is 0 Å². The van der Waals surface area contributed by atoms with Crippen LogP contribution in [0.15, 0.2) is 0 Å². The van der Waals surface area contributed by atoms with Gasteiger partial charge in [0, 0.05) is 6.04 Å². The van der Waals surface area contributed by atoms with E-state index in [0.717, 1.165) is 29.6 Å². The molecule has 0 aromatic rings. The Hall–Kier alpha value is -0.0800. The molecular weight excluding hydrogens is 208 g/mol. The first kappa shape index (κ1) is 12.0. The molecule has 3 fully saturated rings. The van der Waals surface area contributed by atoms with Gasteiger partial charge in [0.2, 0.25) is 0 Å². The molecule has 2 nitrogen and oxygen atoms in total. The number of hydrazine groups is 1. The van der Waals surface area contributed by atoms with Gasteiger partial charge in [0.1, 0.15) is 0 Å². The molecule has 98 valence electrons. The average molecular weight is 236 g/mol. The topological polar surface area (TPSA) is 38.0 Å². The molecule has 0 aliphatic heterocycles. The molecule has 2 heteroatoms. The molecule has 3 saturated carbocycles. The minimum Gasteiger partial charge on any atom is -0.271 e. The summed E-state index contributed by atoms with van der Waals surface area (Å²) in [7, 11) is 0. The van der Waals surface area contributed by atoms with E-state index in [9.17, 15) is 0 Å². The van der Waals surface area contributed by atoms with Crippen LogP contribution in [-0.2, 0) is 0 Å². The van der Waals surface area contributed by atoms with Crippen LogP contribution in [0.25, 0.3) is 0 Å². The van der Waals surface area contributed by atoms with Crippen molar-refractivity contribution in [3.63, 3.8) is 0 Å². The van der Waals surface area contributed by atoms with E-state index in [1.165, 1.54) is 51.4 Å². The maximum atomic E-state index is 5.86. The van der Waals surface area contributed by atoms with Gasteiger partial charge in [-0.05, 0) is 61.7 Å². The Bertz CT molecular complexity index is 248. The number of nitrogens with one attached hydrogen (secondary N) is 1. The third-order valence-electron chi connectivity index (χ3n) is 5.96. The smallest absolute Gasteiger partial charge is 0.0267 e. The Kier molecular flexibility index (Phi) is 3.45. The summed E-state index contributed by atoms with van der Waals surface area (Å²) in [4.78, 5) is 0. The largest absolute Gasteiger partial charge is 0.271 e. The Morgan fingerprint density at radius 1 is 1.00 bits per heavy atom. The van der Waals surface area contributed by atoms with Crippen molar-refractivity contribution in [2.75, 3.05) is 0 Å². The third-order valence-corrected chi connectivity index (χ3v) is 5.96. The predicted octanol–water partition coefficient (Wildman–Crippen LogP) is 3.08. The number of rotatable bonds is 4. The van der Waals surface area contributed by atoms with Gasteiger partial charge in [0.05, 0.1) is 0 Å². The lowest BCUT2D eigenvalue weighted by molar-refractivity contribution is 0.171. The molecular formula is C15H28N2.